The minimum absolute atomic E-state index is 0. The average Bonchev–Trinajstić information content (AvgIpc) is 3.23. The van der Waals surface area contributed by atoms with E-state index >= 15 is 0 Å². The summed E-state index contributed by atoms with van der Waals surface area (Å²) in [5, 5.41) is 13.9. The van der Waals surface area contributed by atoms with Gasteiger partial charge in [0.15, 0.2) is 0 Å². The number of oxazole rings is 1. The van der Waals surface area contributed by atoms with Gasteiger partial charge in [-0.2, -0.15) is 0 Å². The first-order valence-electron chi connectivity index (χ1n) is 12.4. The van der Waals surface area contributed by atoms with Crippen LogP contribution in [0.15, 0.2) is 47.1 Å². The quantitative estimate of drug-likeness (QED) is 0.369. The maximum absolute atomic E-state index is 10.9. The monoisotopic (exact) mass is 518 g/mol. The summed E-state index contributed by atoms with van der Waals surface area (Å²) in [6.45, 7) is 17.9. The highest BCUT2D eigenvalue weighted by atomic mass is 35.5. The first kappa shape index (κ1) is 33.7. The molecular formula is C30H47ClN2O3. The number of benzene rings is 2. The predicted octanol–water partition coefficient (Wildman–Crippen LogP) is 6.95. The Labute approximate surface area is 224 Å². The van der Waals surface area contributed by atoms with Crippen molar-refractivity contribution < 1.29 is 15.0 Å². The minimum Gasteiger partial charge on any atom is -0.507 e. The Kier molecular flexibility index (Phi) is 13.5. The molecule has 1 aromatic heterocycles. The molecule has 0 aliphatic heterocycles. The number of phenolic OH excluding ortho intramolecular Hbond substituents is 1. The van der Waals surface area contributed by atoms with Gasteiger partial charge in [0.2, 0.25) is 5.89 Å². The molecule has 0 radical (unpaired) electrons. The number of hydrogen-bond donors (Lipinski definition) is 2. The fraction of sp³-hybridized carbons (Fsp3) is 0.500. The molecule has 0 bridgehead atoms. The predicted molar refractivity (Wildman–Crippen MR) is 155 cm³/mol. The van der Waals surface area contributed by atoms with Crippen molar-refractivity contribution in [3.05, 3.63) is 70.6 Å². The van der Waals surface area contributed by atoms with Crippen molar-refractivity contribution in [1.29, 1.82) is 0 Å². The zero-order valence-corrected chi connectivity index (χ0v) is 24.4. The van der Waals surface area contributed by atoms with Crippen molar-refractivity contribution >= 4 is 12.4 Å². The van der Waals surface area contributed by atoms with Gasteiger partial charge in [-0.25, -0.2) is 4.98 Å². The van der Waals surface area contributed by atoms with E-state index < -0.39 is 0 Å². The van der Waals surface area contributed by atoms with Gasteiger partial charge in [-0.15, -0.1) is 12.4 Å². The van der Waals surface area contributed by atoms with Crippen LogP contribution in [0.4, 0.5) is 0 Å². The van der Waals surface area contributed by atoms with Gasteiger partial charge in [0.05, 0.1) is 5.69 Å². The van der Waals surface area contributed by atoms with Gasteiger partial charge < -0.3 is 20.3 Å². The van der Waals surface area contributed by atoms with Crippen LogP contribution < -0.4 is 5.32 Å². The lowest BCUT2D eigenvalue weighted by Crippen LogP contribution is -2.17. The van der Waals surface area contributed by atoms with Gasteiger partial charge in [-0.1, -0.05) is 78.3 Å². The molecule has 0 aliphatic carbocycles. The highest BCUT2D eigenvalue weighted by Gasteiger charge is 2.27. The second-order valence-corrected chi connectivity index (χ2v) is 11.1. The van der Waals surface area contributed by atoms with Gasteiger partial charge in [-0.3, -0.25) is 0 Å². The van der Waals surface area contributed by atoms with Crippen molar-refractivity contribution in [2.24, 2.45) is 0 Å². The second kappa shape index (κ2) is 14.4. The smallest absolute Gasteiger partial charge is 0.226 e. The average molecular weight is 519 g/mol. The summed E-state index contributed by atoms with van der Waals surface area (Å²) in [4.78, 5) is 4.75. The van der Waals surface area contributed by atoms with E-state index in [1.807, 2.05) is 19.2 Å². The van der Waals surface area contributed by atoms with E-state index in [0.29, 0.717) is 11.6 Å². The largest absolute Gasteiger partial charge is 0.507 e. The van der Waals surface area contributed by atoms with E-state index in [2.05, 4.69) is 85.0 Å². The molecule has 0 spiro atoms. The third-order valence-corrected chi connectivity index (χ3v) is 5.90. The fourth-order valence-corrected chi connectivity index (χ4v) is 3.68. The number of aryl methyl sites for hydroxylation is 3. The molecule has 0 aliphatic rings. The number of halogens is 1. The van der Waals surface area contributed by atoms with E-state index in [0.717, 1.165) is 48.2 Å². The van der Waals surface area contributed by atoms with Crippen LogP contribution in [0.25, 0.3) is 11.5 Å². The first-order valence-corrected chi connectivity index (χ1v) is 12.4. The number of rotatable bonds is 6. The summed E-state index contributed by atoms with van der Waals surface area (Å²) in [5.41, 5.74) is 6.03. The molecule has 3 rings (SSSR count). The molecular weight excluding hydrogens is 472 g/mol. The first-order chi connectivity index (χ1) is 15.9. The van der Waals surface area contributed by atoms with Gasteiger partial charge in [-0.05, 0) is 68.3 Å². The number of aromatic nitrogens is 1. The summed E-state index contributed by atoms with van der Waals surface area (Å²) >= 11 is 0. The Hall–Kier alpha value is -2.34. The van der Waals surface area contributed by atoms with E-state index in [1.165, 1.54) is 11.1 Å². The Morgan fingerprint density at radius 1 is 0.917 bits per heavy atom. The Balaban J connectivity index is 0.00000190. The number of nitrogens with one attached hydrogen (secondary N) is 1. The summed E-state index contributed by atoms with van der Waals surface area (Å²) in [7, 11) is 1.93. The number of aromatic hydroxyl groups is 1. The standard InChI is InChI=1S/C27H35NO2.C3H9N.ClH.H2O/c1-18-11-13-19(14-12-18)9-8-10-21-17-30-25(28-21)20-15-22(26(2,3)4)24(29)23(16-20)27(5,6)7;1-3-4-2;;/h11-17,29H,8-10H2,1-7H3;4H,3H2,1-2H3;1H;1H2. The van der Waals surface area contributed by atoms with E-state index in [4.69, 9.17) is 9.40 Å². The fourth-order valence-electron chi connectivity index (χ4n) is 3.68. The number of nitrogens with zero attached hydrogens (tertiary/aromatic N) is 1. The van der Waals surface area contributed by atoms with Gasteiger partial charge in [0.25, 0.3) is 0 Å². The number of hydrogen-bond acceptors (Lipinski definition) is 4. The van der Waals surface area contributed by atoms with Crippen LogP contribution in [-0.4, -0.2) is 29.2 Å². The minimum atomic E-state index is -0.177. The molecule has 5 nitrogen and oxygen atoms in total. The highest BCUT2D eigenvalue weighted by Crippen LogP contribution is 2.41. The third-order valence-electron chi connectivity index (χ3n) is 5.90. The molecule has 6 heteroatoms. The maximum Gasteiger partial charge on any atom is 0.226 e. The van der Waals surface area contributed by atoms with Crippen molar-refractivity contribution in [1.82, 2.24) is 10.3 Å². The van der Waals surface area contributed by atoms with Crippen molar-refractivity contribution in [3.63, 3.8) is 0 Å². The molecule has 0 amide bonds. The van der Waals surface area contributed by atoms with E-state index in [9.17, 15) is 5.11 Å². The lowest BCUT2D eigenvalue weighted by Gasteiger charge is -2.27. The van der Waals surface area contributed by atoms with Crippen molar-refractivity contribution in [2.75, 3.05) is 13.6 Å². The SMILES string of the molecule is CCNC.Cc1ccc(CCCc2coc(-c3cc(C(C)(C)C)c(O)c(C(C)(C)C)c3)n2)cc1.Cl.O. The molecule has 2 aromatic carbocycles. The van der Waals surface area contributed by atoms with Crippen LogP contribution in [0.2, 0.25) is 0 Å². The summed E-state index contributed by atoms with van der Waals surface area (Å²) in [5.74, 6) is 1.000. The topological polar surface area (TPSA) is 89.8 Å². The Morgan fingerprint density at radius 3 is 1.86 bits per heavy atom. The normalized spacial score (nSPS) is 11.1. The molecule has 202 valence electrons. The Bertz CT molecular complexity index is 1010. The van der Waals surface area contributed by atoms with Crippen LogP contribution in [0.5, 0.6) is 5.75 Å². The molecule has 0 unspecified atom stereocenters. The molecule has 36 heavy (non-hydrogen) atoms. The van der Waals surface area contributed by atoms with Gasteiger partial charge in [0, 0.05) is 16.7 Å². The van der Waals surface area contributed by atoms with Gasteiger partial charge in [0.1, 0.15) is 12.0 Å². The lowest BCUT2D eigenvalue weighted by molar-refractivity contribution is 0.423. The summed E-state index contributed by atoms with van der Waals surface area (Å²) in [6, 6.07) is 12.8. The van der Waals surface area contributed by atoms with E-state index in [1.54, 1.807) is 6.26 Å². The molecule has 3 aromatic rings. The van der Waals surface area contributed by atoms with Crippen LogP contribution in [0.3, 0.4) is 0 Å². The molecule has 0 saturated carbocycles. The molecule has 0 fully saturated rings. The molecule has 1 heterocycles. The van der Waals surface area contributed by atoms with Crippen molar-refractivity contribution in [3.8, 4) is 17.2 Å². The molecule has 4 N–H and O–H groups in total. The third kappa shape index (κ3) is 9.61. The van der Waals surface area contributed by atoms with Crippen molar-refractivity contribution in [2.45, 2.75) is 85.5 Å². The lowest BCUT2D eigenvalue weighted by atomic mass is 9.78. The summed E-state index contributed by atoms with van der Waals surface area (Å²) in [6.07, 6.45) is 4.72. The Morgan fingerprint density at radius 2 is 1.42 bits per heavy atom. The second-order valence-electron chi connectivity index (χ2n) is 11.1. The van der Waals surface area contributed by atoms with Crippen LogP contribution in [0.1, 0.15) is 82.8 Å². The zero-order valence-electron chi connectivity index (χ0n) is 23.6. The van der Waals surface area contributed by atoms with Gasteiger partial charge >= 0.3 is 0 Å². The molecule has 0 atom stereocenters. The number of phenols is 1. The summed E-state index contributed by atoms with van der Waals surface area (Å²) < 4.78 is 5.85. The zero-order chi connectivity index (χ0) is 25.5. The maximum atomic E-state index is 10.9. The van der Waals surface area contributed by atoms with Crippen LogP contribution in [0, 0.1) is 6.92 Å². The van der Waals surface area contributed by atoms with Crippen LogP contribution >= 0.6 is 12.4 Å². The molecule has 0 saturated heterocycles. The highest BCUT2D eigenvalue weighted by molar-refractivity contribution is 5.85. The van der Waals surface area contributed by atoms with Crippen LogP contribution in [-0.2, 0) is 23.7 Å². The van der Waals surface area contributed by atoms with E-state index in [-0.39, 0.29) is 28.7 Å².